The quantitative estimate of drug-likeness (QED) is 0.401. The van der Waals surface area contributed by atoms with E-state index in [1.807, 2.05) is 34.9 Å². The van der Waals surface area contributed by atoms with Crippen molar-refractivity contribution in [3.05, 3.63) is 0 Å². The second-order valence-electron chi connectivity index (χ2n) is 4.15. The molecule has 0 saturated heterocycles. The third kappa shape index (κ3) is 8.18. The Morgan fingerprint density at radius 2 is 1.33 bits per heavy atom. The average Bonchev–Trinajstić information content (AvgIpc) is 2.29. The van der Waals surface area contributed by atoms with Gasteiger partial charge >= 0.3 is 8.80 Å². The fraction of sp³-hybridized carbons (Fsp3) is 1.00. The van der Waals surface area contributed by atoms with Crippen molar-refractivity contribution >= 4 is 8.80 Å². The summed E-state index contributed by atoms with van der Waals surface area (Å²) in [6.07, 6.45) is 0. The van der Waals surface area contributed by atoms with Gasteiger partial charge < -0.3 is 22.9 Å². The van der Waals surface area contributed by atoms with Crippen molar-refractivity contribution < 1.29 is 18.0 Å². The molecule has 0 rings (SSSR count). The van der Waals surface area contributed by atoms with Crippen molar-refractivity contribution in [2.75, 3.05) is 53.7 Å². The molecule has 0 amide bonds. The molecule has 0 N–H and O–H groups in total. The number of hydrogen-bond donors (Lipinski definition) is 0. The minimum Gasteiger partial charge on any atom is -0.380 e. The number of hydrogen-bond acceptors (Lipinski definition) is 5. The van der Waals surface area contributed by atoms with Gasteiger partial charge in [-0.1, -0.05) is 0 Å². The largest absolute Gasteiger partial charge is 0.503 e. The van der Waals surface area contributed by atoms with Crippen LogP contribution in [0.15, 0.2) is 0 Å². The molecule has 0 aliphatic heterocycles. The molecule has 18 heavy (non-hydrogen) atoms. The lowest BCUT2D eigenvalue weighted by molar-refractivity contribution is 0.0561. The molecule has 0 fully saturated rings. The Morgan fingerprint density at radius 3 is 1.72 bits per heavy atom. The van der Waals surface area contributed by atoms with Crippen LogP contribution in [0.2, 0.25) is 6.04 Å². The molecule has 110 valence electrons. The highest BCUT2D eigenvalue weighted by molar-refractivity contribution is 6.60. The maximum atomic E-state index is 5.74. The van der Waals surface area contributed by atoms with Crippen molar-refractivity contribution in [2.45, 2.75) is 26.8 Å². The summed E-state index contributed by atoms with van der Waals surface area (Å²) in [7, 11) is 1.55. The lowest BCUT2D eigenvalue weighted by Gasteiger charge is -2.28. The van der Waals surface area contributed by atoms with Crippen LogP contribution in [0, 0.1) is 0 Å². The lowest BCUT2D eigenvalue weighted by Crippen LogP contribution is -2.47. The molecule has 5 nitrogen and oxygen atoms in total. The Bertz CT molecular complexity index is 176. The minimum absolute atomic E-state index is 0.615. The van der Waals surface area contributed by atoms with Gasteiger partial charge in [0.1, 0.15) is 0 Å². The van der Waals surface area contributed by atoms with E-state index in [2.05, 4.69) is 4.90 Å². The van der Waals surface area contributed by atoms with Gasteiger partial charge in [-0.25, -0.2) is 0 Å². The molecule has 0 aliphatic carbocycles. The molecular formula is C12H29NO4Si. The fourth-order valence-corrected chi connectivity index (χ4v) is 3.94. The van der Waals surface area contributed by atoms with E-state index in [4.69, 9.17) is 18.0 Å². The Kier molecular flexibility index (Phi) is 10.9. The average molecular weight is 279 g/mol. The molecule has 0 bridgehead atoms. The zero-order chi connectivity index (χ0) is 13.9. The predicted octanol–water partition coefficient (Wildman–Crippen LogP) is 1.61. The van der Waals surface area contributed by atoms with Crippen molar-refractivity contribution in [3.8, 4) is 0 Å². The highest BCUT2D eigenvalue weighted by Crippen LogP contribution is 2.15. The zero-order valence-corrected chi connectivity index (χ0v) is 13.5. The number of ether oxygens (including phenoxy) is 1. The van der Waals surface area contributed by atoms with Gasteiger partial charge in [-0.15, -0.1) is 0 Å². The van der Waals surface area contributed by atoms with E-state index >= 15 is 0 Å². The molecule has 0 unspecified atom stereocenters. The van der Waals surface area contributed by atoms with E-state index in [-0.39, 0.29) is 0 Å². The third-order valence-corrected chi connectivity index (χ3v) is 5.33. The smallest absolute Gasteiger partial charge is 0.380 e. The Balaban J connectivity index is 4.04. The van der Waals surface area contributed by atoms with Crippen molar-refractivity contribution in [2.24, 2.45) is 0 Å². The van der Waals surface area contributed by atoms with Gasteiger partial charge in [-0.05, 0) is 34.9 Å². The van der Waals surface area contributed by atoms with Crippen LogP contribution in [0.25, 0.3) is 0 Å². The first-order chi connectivity index (χ1) is 8.60. The van der Waals surface area contributed by atoms with Crippen LogP contribution in [-0.2, 0) is 18.0 Å². The van der Waals surface area contributed by atoms with Gasteiger partial charge in [0, 0.05) is 32.4 Å². The van der Waals surface area contributed by atoms with Gasteiger partial charge in [-0.2, -0.15) is 0 Å². The summed E-state index contributed by atoms with van der Waals surface area (Å²) in [5.74, 6) is 0. The minimum atomic E-state index is -2.51. The van der Waals surface area contributed by atoms with Gasteiger partial charge in [0.2, 0.25) is 0 Å². The highest BCUT2D eigenvalue weighted by atomic mass is 28.4. The molecule has 0 spiro atoms. The first kappa shape index (κ1) is 18.0. The number of nitrogens with zero attached hydrogens (tertiary/aromatic N) is 1. The monoisotopic (exact) mass is 279 g/mol. The van der Waals surface area contributed by atoms with E-state index in [0.29, 0.717) is 26.4 Å². The molecule has 0 aromatic rings. The Labute approximate surface area is 113 Å². The van der Waals surface area contributed by atoms with Gasteiger partial charge in [0.15, 0.2) is 0 Å². The molecule has 0 heterocycles. The zero-order valence-electron chi connectivity index (χ0n) is 12.5. The second kappa shape index (κ2) is 10.9. The van der Waals surface area contributed by atoms with Crippen LogP contribution in [-0.4, -0.2) is 67.4 Å². The Morgan fingerprint density at radius 1 is 0.833 bits per heavy atom. The van der Waals surface area contributed by atoms with Gasteiger partial charge in [-0.3, -0.25) is 0 Å². The van der Waals surface area contributed by atoms with Crippen LogP contribution in [0.4, 0.5) is 0 Å². The Hall–Kier alpha value is 0.0169. The summed E-state index contributed by atoms with van der Waals surface area (Å²) in [6.45, 7) is 10.0. The van der Waals surface area contributed by atoms with Crippen LogP contribution in [0.5, 0.6) is 0 Å². The predicted molar refractivity (Wildman–Crippen MR) is 74.8 cm³/mol. The van der Waals surface area contributed by atoms with E-state index < -0.39 is 8.80 Å². The summed E-state index contributed by atoms with van der Waals surface area (Å²) in [6, 6.07) is 0.718. The number of rotatable bonds is 12. The standard InChI is InChI=1S/C12H29NO4Si/c1-6-15-18(16-7-2,17-8-3)12-11-14-10-9-13(4)5/h6-12H2,1-5H3. The van der Waals surface area contributed by atoms with Crippen LogP contribution >= 0.6 is 0 Å². The van der Waals surface area contributed by atoms with Crippen molar-refractivity contribution in [3.63, 3.8) is 0 Å². The first-order valence-electron chi connectivity index (χ1n) is 6.74. The maximum Gasteiger partial charge on any atom is 0.503 e. The fourth-order valence-electron chi connectivity index (χ4n) is 1.55. The van der Waals surface area contributed by atoms with E-state index in [1.54, 1.807) is 0 Å². The first-order valence-corrected chi connectivity index (χ1v) is 8.67. The van der Waals surface area contributed by atoms with Crippen LogP contribution < -0.4 is 0 Å². The highest BCUT2D eigenvalue weighted by Gasteiger charge is 2.39. The normalized spacial score (nSPS) is 12.3. The molecule has 0 atom stereocenters. The molecule has 6 heteroatoms. The lowest BCUT2D eigenvalue weighted by atomic mass is 10.6. The van der Waals surface area contributed by atoms with E-state index in [9.17, 15) is 0 Å². The molecular weight excluding hydrogens is 250 g/mol. The molecule has 0 aromatic heterocycles. The van der Waals surface area contributed by atoms with Crippen LogP contribution in [0.3, 0.4) is 0 Å². The summed E-state index contributed by atoms with van der Waals surface area (Å²) >= 11 is 0. The maximum absolute atomic E-state index is 5.74. The summed E-state index contributed by atoms with van der Waals surface area (Å²) in [4.78, 5) is 2.10. The molecule has 0 aliphatic rings. The van der Waals surface area contributed by atoms with E-state index in [0.717, 1.165) is 19.2 Å². The summed E-state index contributed by atoms with van der Waals surface area (Å²) in [5.41, 5.74) is 0. The molecule has 0 radical (unpaired) electrons. The van der Waals surface area contributed by atoms with E-state index in [1.165, 1.54) is 0 Å². The third-order valence-electron chi connectivity index (χ3n) is 2.33. The SMILES string of the molecule is CCO[Si](CCOCCN(C)C)(OCC)OCC. The van der Waals surface area contributed by atoms with Crippen LogP contribution in [0.1, 0.15) is 20.8 Å². The van der Waals surface area contributed by atoms with Crippen molar-refractivity contribution in [1.82, 2.24) is 4.90 Å². The number of likely N-dealkylation sites (N-methyl/N-ethyl adjacent to an activating group) is 1. The van der Waals surface area contributed by atoms with Gasteiger partial charge in [0.25, 0.3) is 0 Å². The molecule has 0 saturated carbocycles. The second-order valence-corrected chi connectivity index (χ2v) is 6.88. The summed E-state index contributed by atoms with van der Waals surface area (Å²) < 4.78 is 22.8. The summed E-state index contributed by atoms with van der Waals surface area (Å²) in [5, 5.41) is 0. The molecule has 0 aromatic carbocycles. The topological polar surface area (TPSA) is 40.2 Å². The van der Waals surface area contributed by atoms with Crippen molar-refractivity contribution in [1.29, 1.82) is 0 Å². The van der Waals surface area contributed by atoms with Gasteiger partial charge in [0.05, 0.1) is 13.2 Å².